The van der Waals surface area contributed by atoms with Gasteiger partial charge in [0.1, 0.15) is 6.07 Å². The van der Waals surface area contributed by atoms with E-state index in [0.717, 1.165) is 11.3 Å². The number of hydrogen-bond donors (Lipinski definition) is 1. The number of nitrogens with one attached hydrogen (secondary N) is 1. The Hall–Kier alpha value is -1.49. The number of rotatable bonds is 7. The molecule has 0 spiro atoms. The summed E-state index contributed by atoms with van der Waals surface area (Å²) < 4.78 is 0. The first-order chi connectivity index (χ1) is 8.67. The first kappa shape index (κ1) is 14.6. The molecule has 0 saturated heterocycles. The standard InChI is InChI=1S/C16H24N2/c1-4-5-6-7-8-14(3)18-16-11-13(2)9-10-15(16)12-17/h9-11,14,18H,4-8H2,1-3H3. The summed E-state index contributed by atoms with van der Waals surface area (Å²) in [7, 11) is 0. The topological polar surface area (TPSA) is 35.8 Å². The maximum absolute atomic E-state index is 9.08. The van der Waals surface area contributed by atoms with Gasteiger partial charge in [0.25, 0.3) is 0 Å². The van der Waals surface area contributed by atoms with Gasteiger partial charge in [-0.2, -0.15) is 5.26 Å². The van der Waals surface area contributed by atoms with Crippen LogP contribution in [-0.4, -0.2) is 6.04 Å². The number of benzene rings is 1. The molecule has 1 atom stereocenters. The molecule has 2 heteroatoms. The molecule has 0 aliphatic carbocycles. The van der Waals surface area contributed by atoms with E-state index in [1.54, 1.807) is 0 Å². The molecule has 0 amide bonds. The van der Waals surface area contributed by atoms with Crippen LogP contribution in [0, 0.1) is 18.3 Å². The monoisotopic (exact) mass is 244 g/mol. The number of nitriles is 1. The number of hydrogen-bond acceptors (Lipinski definition) is 2. The zero-order valence-corrected chi connectivity index (χ0v) is 11.8. The first-order valence-corrected chi connectivity index (χ1v) is 6.94. The van der Waals surface area contributed by atoms with Gasteiger partial charge in [0.15, 0.2) is 0 Å². The smallest absolute Gasteiger partial charge is 0.101 e. The second-order valence-electron chi connectivity index (χ2n) is 5.06. The molecule has 0 aromatic heterocycles. The van der Waals surface area contributed by atoms with E-state index in [2.05, 4.69) is 38.2 Å². The fourth-order valence-electron chi connectivity index (χ4n) is 2.09. The SMILES string of the molecule is CCCCCCC(C)Nc1cc(C)ccc1C#N. The Bertz CT molecular complexity index is 404. The van der Waals surface area contributed by atoms with Crippen LogP contribution in [0.3, 0.4) is 0 Å². The Balaban J connectivity index is 2.51. The Morgan fingerprint density at radius 2 is 2.06 bits per heavy atom. The quantitative estimate of drug-likeness (QED) is 0.709. The lowest BCUT2D eigenvalue weighted by Crippen LogP contribution is -2.15. The van der Waals surface area contributed by atoms with Gasteiger partial charge in [-0.05, 0) is 38.0 Å². The zero-order valence-electron chi connectivity index (χ0n) is 11.8. The van der Waals surface area contributed by atoms with Crippen LogP contribution in [0.5, 0.6) is 0 Å². The average molecular weight is 244 g/mol. The average Bonchev–Trinajstić information content (AvgIpc) is 2.35. The van der Waals surface area contributed by atoms with E-state index >= 15 is 0 Å². The van der Waals surface area contributed by atoms with Gasteiger partial charge in [-0.25, -0.2) is 0 Å². The predicted molar refractivity (Wildman–Crippen MR) is 77.7 cm³/mol. The largest absolute Gasteiger partial charge is 0.382 e. The Morgan fingerprint density at radius 3 is 2.72 bits per heavy atom. The predicted octanol–water partition coefficient (Wildman–Crippen LogP) is 4.64. The van der Waals surface area contributed by atoms with E-state index in [0.29, 0.717) is 6.04 Å². The third-order valence-corrected chi connectivity index (χ3v) is 3.19. The van der Waals surface area contributed by atoms with Gasteiger partial charge in [0.05, 0.1) is 11.3 Å². The van der Waals surface area contributed by atoms with Crippen LogP contribution in [0.25, 0.3) is 0 Å². The fourth-order valence-corrected chi connectivity index (χ4v) is 2.09. The molecule has 1 N–H and O–H groups in total. The highest BCUT2D eigenvalue weighted by Gasteiger charge is 2.06. The maximum Gasteiger partial charge on any atom is 0.101 e. The van der Waals surface area contributed by atoms with Crippen LogP contribution in [0.15, 0.2) is 18.2 Å². The van der Waals surface area contributed by atoms with Gasteiger partial charge in [-0.3, -0.25) is 0 Å². The van der Waals surface area contributed by atoms with E-state index in [4.69, 9.17) is 5.26 Å². The van der Waals surface area contributed by atoms with Gasteiger partial charge >= 0.3 is 0 Å². The van der Waals surface area contributed by atoms with Gasteiger partial charge in [-0.15, -0.1) is 0 Å². The number of nitrogens with zero attached hydrogens (tertiary/aromatic N) is 1. The highest BCUT2D eigenvalue weighted by Crippen LogP contribution is 2.19. The van der Waals surface area contributed by atoms with Crippen molar-refractivity contribution in [3.63, 3.8) is 0 Å². The van der Waals surface area contributed by atoms with Gasteiger partial charge in [0.2, 0.25) is 0 Å². The summed E-state index contributed by atoms with van der Waals surface area (Å²) in [6.07, 6.45) is 6.33. The highest BCUT2D eigenvalue weighted by molar-refractivity contribution is 5.59. The fraction of sp³-hybridized carbons (Fsp3) is 0.562. The van der Waals surface area contributed by atoms with Gasteiger partial charge in [-0.1, -0.05) is 38.7 Å². The molecule has 2 nitrogen and oxygen atoms in total. The lowest BCUT2D eigenvalue weighted by atomic mass is 10.1. The molecule has 18 heavy (non-hydrogen) atoms. The van der Waals surface area contributed by atoms with Crippen LogP contribution in [0.2, 0.25) is 0 Å². The summed E-state index contributed by atoms with van der Waals surface area (Å²) in [6.45, 7) is 6.47. The van der Waals surface area contributed by atoms with E-state index in [1.807, 2.05) is 12.1 Å². The van der Waals surface area contributed by atoms with Gasteiger partial charge in [0, 0.05) is 6.04 Å². The summed E-state index contributed by atoms with van der Waals surface area (Å²) in [6, 6.07) is 8.60. The summed E-state index contributed by atoms with van der Waals surface area (Å²) in [5.41, 5.74) is 2.90. The second kappa shape index (κ2) is 7.76. The van der Waals surface area contributed by atoms with E-state index in [9.17, 15) is 0 Å². The third kappa shape index (κ3) is 4.79. The molecule has 1 rings (SSSR count). The summed E-state index contributed by atoms with van der Waals surface area (Å²) in [5, 5.41) is 12.5. The van der Waals surface area contributed by atoms with Crippen molar-refractivity contribution in [2.45, 2.75) is 58.9 Å². The molecule has 0 aliphatic rings. The second-order valence-corrected chi connectivity index (χ2v) is 5.06. The number of anilines is 1. The van der Waals surface area contributed by atoms with Crippen LogP contribution in [0.4, 0.5) is 5.69 Å². The van der Waals surface area contributed by atoms with Crippen molar-refractivity contribution < 1.29 is 0 Å². The van der Waals surface area contributed by atoms with Crippen LogP contribution in [0.1, 0.15) is 57.1 Å². The summed E-state index contributed by atoms with van der Waals surface area (Å²) in [5.74, 6) is 0. The Labute approximate surface area is 111 Å². The van der Waals surface area contributed by atoms with Crippen molar-refractivity contribution in [3.8, 4) is 6.07 Å². The molecule has 98 valence electrons. The van der Waals surface area contributed by atoms with Crippen molar-refractivity contribution in [2.75, 3.05) is 5.32 Å². The molecular weight excluding hydrogens is 220 g/mol. The minimum absolute atomic E-state index is 0.427. The van der Waals surface area contributed by atoms with Crippen LogP contribution >= 0.6 is 0 Å². The number of aryl methyl sites for hydroxylation is 1. The Morgan fingerprint density at radius 1 is 1.28 bits per heavy atom. The molecule has 1 aromatic carbocycles. The lowest BCUT2D eigenvalue weighted by Gasteiger charge is -2.16. The van der Waals surface area contributed by atoms with Crippen molar-refractivity contribution in [3.05, 3.63) is 29.3 Å². The van der Waals surface area contributed by atoms with Crippen LogP contribution < -0.4 is 5.32 Å². The minimum Gasteiger partial charge on any atom is -0.382 e. The zero-order chi connectivity index (χ0) is 13.4. The highest BCUT2D eigenvalue weighted by atomic mass is 14.9. The van der Waals surface area contributed by atoms with Crippen molar-refractivity contribution in [1.82, 2.24) is 0 Å². The molecule has 0 radical (unpaired) electrons. The molecular formula is C16H24N2. The first-order valence-electron chi connectivity index (χ1n) is 6.94. The van der Waals surface area contributed by atoms with E-state index in [1.165, 1.54) is 37.7 Å². The lowest BCUT2D eigenvalue weighted by molar-refractivity contribution is 0.594. The number of unbranched alkanes of at least 4 members (excludes halogenated alkanes) is 3. The normalized spacial score (nSPS) is 11.9. The van der Waals surface area contributed by atoms with E-state index < -0.39 is 0 Å². The molecule has 1 aromatic rings. The summed E-state index contributed by atoms with van der Waals surface area (Å²) in [4.78, 5) is 0. The maximum atomic E-state index is 9.08. The van der Waals surface area contributed by atoms with Crippen molar-refractivity contribution in [1.29, 1.82) is 5.26 Å². The van der Waals surface area contributed by atoms with Crippen molar-refractivity contribution >= 4 is 5.69 Å². The summed E-state index contributed by atoms with van der Waals surface area (Å²) >= 11 is 0. The molecule has 1 unspecified atom stereocenters. The van der Waals surface area contributed by atoms with Crippen LogP contribution in [-0.2, 0) is 0 Å². The molecule has 0 heterocycles. The molecule has 0 bridgehead atoms. The molecule has 0 aliphatic heterocycles. The molecule has 0 saturated carbocycles. The van der Waals surface area contributed by atoms with Gasteiger partial charge < -0.3 is 5.32 Å². The van der Waals surface area contributed by atoms with Crippen molar-refractivity contribution in [2.24, 2.45) is 0 Å². The third-order valence-electron chi connectivity index (χ3n) is 3.19. The Kier molecular flexibility index (Phi) is 6.28. The minimum atomic E-state index is 0.427. The van der Waals surface area contributed by atoms with E-state index in [-0.39, 0.29) is 0 Å². The molecule has 0 fully saturated rings.